The Labute approximate surface area is 114 Å². The number of likely N-dealkylation sites (tertiary alicyclic amines) is 1. The molecule has 0 aliphatic carbocycles. The Morgan fingerprint density at radius 1 is 1.42 bits per heavy atom. The maximum Gasteiger partial charge on any atom is 0.222 e. The average molecular weight is 262 g/mol. The molecule has 0 radical (unpaired) electrons. The van der Waals surface area contributed by atoms with E-state index in [1.54, 1.807) is 7.11 Å². The van der Waals surface area contributed by atoms with Crippen molar-refractivity contribution < 1.29 is 9.53 Å². The molecule has 19 heavy (non-hydrogen) atoms. The van der Waals surface area contributed by atoms with Gasteiger partial charge in [-0.1, -0.05) is 12.1 Å². The second kappa shape index (κ2) is 6.06. The fraction of sp³-hybridized carbons (Fsp3) is 0.533. The standard InChI is InChI=1S/C15H22N2O2/c1-11-9-12(3-5-14(11)19-2)10-17-8-7-13(16)4-6-15(17)18/h3,5,9,13H,4,6-8,10,16H2,1-2H3. The Morgan fingerprint density at radius 3 is 2.89 bits per heavy atom. The predicted octanol–water partition coefficient (Wildman–Crippen LogP) is 1.84. The van der Waals surface area contributed by atoms with E-state index in [1.807, 2.05) is 24.0 Å². The normalized spacial score (nSPS) is 20.3. The van der Waals surface area contributed by atoms with Crippen LogP contribution in [0.1, 0.15) is 30.4 Å². The average Bonchev–Trinajstić information content (AvgIpc) is 2.54. The summed E-state index contributed by atoms with van der Waals surface area (Å²) >= 11 is 0. The van der Waals surface area contributed by atoms with Crippen molar-refractivity contribution in [2.24, 2.45) is 5.73 Å². The summed E-state index contributed by atoms with van der Waals surface area (Å²) in [5.74, 6) is 1.09. The molecule has 1 fully saturated rings. The van der Waals surface area contributed by atoms with E-state index in [-0.39, 0.29) is 11.9 Å². The van der Waals surface area contributed by atoms with Gasteiger partial charge in [0.05, 0.1) is 7.11 Å². The number of hydrogen-bond donors (Lipinski definition) is 1. The van der Waals surface area contributed by atoms with Crippen molar-refractivity contribution in [1.29, 1.82) is 0 Å². The number of carbonyl (C=O) groups is 1. The van der Waals surface area contributed by atoms with E-state index >= 15 is 0 Å². The summed E-state index contributed by atoms with van der Waals surface area (Å²) in [5, 5.41) is 0. The lowest BCUT2D eigenvalue weighted by molar-refractivity contribution is -0.131. The molecule has 1 unspecified atom stereocenters. The smallest absolute Gasteiger partial charge is 0.222 e. The van der Waals surface area contributed by atoms with E-state index in [0.717, 1.165) is 36.3 Å². The van der Waals surface area contributed by atoms with Gasteiger partial charge >= 0.3 is 0 Å². The number of hydrogen-bond acceptors (Lipinski definition) is 3. The molecule has 1 aliphatic rings. The largest absolute Gasteiger partial charge is 0.496 e. The van der Waals surface area contributed by atoms with E-state index in [1.165, 1.54) is 0 Å². The highest BCUT2D eigenvalue weighted by molar-refractivity contribution is 5.76. The molecule has 0 saturated carbocycles. The molecule has 1 saturated heterocycles. The summed E-state index contributed by atoms with van der Waals surface area (Å²) < 4.78 is 5.25. The molecule has 1 aliphatic heterocycles. The van der Waals surface area contributed by atoms with E-state index in [4.69, 9.17) is 10.5 Å². The minimum atomic E-state index is 0.159. The first-order valence-corrected chi connectivity index (χ1v) is 6.77. The van der Waals surface area contributed by atoms with Gasteiger partial charge in [-0.15, -0.1) is 0 Å². The lowest BCUT2D eigenvalue weighted by Crippen LogP contribution is -2.30. The van der Waals surface area contributed by atoms with Gasteiger partial charge in [-0.05, 0) is 37.0 Å². The van der Waals surface area contributed by atoms with Crippen molar-refractivity contribution >= 4 is 5.91 Å². The second-order valence-corrected chi connectivity index (χ2v) is 5.21. The van der Waals surface area contributed by atoms with Gasteiger partial charge in [-0.25, -0.2) is 0 Å². The number of nitrogens with two attached hydrogens (primary N) is 1. The monoisotopic (exact) mass is 262 g/mol. The van der Waals surface area contributed by atoms with E-state index in [2.05, 4.69) is 6.07 Å². The number of carbonyl (C=O) groups excluding carboxylic acids is 1. The Hall–Kier alpha value is -1.55. The number of aryl methyl sites for hydroxylation is 1. The molecule has 0 spiro atoms. The number of nitrogens with zero attached hydrogens (tertiary/aromatic N) is 1. The maximum atomic E-state index is 12.0. The third-order valence-electron chi connectivity index (χ3n) is 3.68. The quantitative estimate of drug-likeness (QED) is 0.904. The lowest BCUT2D eigenvalue weighted by Gasteiger charge is -2.21. The first-order valence-electron chi connectivity index (χ1n) is 6.77. The first-order chi connectivity index (χ1) is 9.10. The molecular weight excluding hydrogens is 240 g/mol. The second-order valence-electron chi connectivity index (χ2n) is 5.21. The first kappa shape index (κ1) is 13.9. The molecule has 1 aromatic carbocycles. The van der Waals surface area contributed by atoms with E-state index in [9.17, 15) is 4.79 Å². The molecule has 4 nitrogen and oxygen atoms in total. The number of benzene rings is 1. The summed E-state index contributed by atoms with van der Waals surface area (Å²) in [5.41, 5.74) is 8.16. The van der Waals surface area contributed by atoms with E-state index in [0.29, 0.717) is 13.0 Å². The van der Waals surface area contributed by atoms with Gasteiger partial charge in [-0.2, -0.15) is 0 Å². The van der Waals surface area contributed by atoms with Crippen LogP contribution in [-0.4, -0.2) is 30.5 Å². The predicted molar refractivity (Wildman–Crippen MR) is 75.0 cm³/mol. The van der Waals surface area contributed by atoms with Crippen LogP contribution in [0.2, 0.25) is 0 Å². The molecule has 4 heteroatoms. The Morgan fingerprint density at radius 2 is 2.21 bits per heavy atom. The fourth-order valence-corrected chi connectivity index (χ4v) is 2.48. The van der Waals surface area contributed by atoms with Gasteiger partial charge < -0.3 is 15.4 Å². The molecule has 0 bridgehead atoms. The number of ether oxygens (including phenoxy) is 1. The van der Waals surface area contributed by atoms with E-state index < -0.39 is 0 Å². The summed E-state index contributed by atoms with van der Waals surface area (Å²) in [6.45, 7) is 3.43. The molecule has 2 N–H and O–H groups in total. The van der Waals surface area contributed by atoms with Crippen LogP contribution in [-0.2, 0) is 11.3 Å². The van der Waals surface area contributed by atoms with Gasteiger partial charge in [0.25, 0.3) is 0 Å². The van der Waals surface area contributed by atoms with Crippen LogP contribution in [0.3, 0.4) is 0 Å². The molecule has 1 amide bonds. The Kier molecular flexibility index (Phi) is 4.43. The summed E-state index contributed by atoms with van der Waals surface area (Å²) in [7, 11) is 1.67. The van der Waals surface area contributed by atoms with Crippen LogP contribution >= 0.6 is 0 Å². The fourth-order valence-electron chi connectivity index (χ4n) is 2.48. The van der Waals surface area contributed by atoms with Crippen LogP contribution < -0.4 is 10.5 Å². The molecule has 1 aromatic rings. The molecule has 1 heterocycles. The Balaban J connectivity index is 2.07. The van der Waals surface area contributed by atoms with Crippen molar-refractivity contribution in [2.45, 2.75) is 38.8 Å². The minimum absolute atomic E-state index is 0.159. The summed E-state index contributed by atoms with van der Waals surface area (Å²) in [6, 6.07) is 6.21. The Bertz CT molecular complexity index is 459. The molecular formula is C15H22N2O2. The minimum Gasteiger partial charge on any atom is -0.496 e. The van der Waals surface area contributed by atoms with Crippen molar-refractivity contribution in [3.63, 3.8) is 0 Å². The third-order valence-corrected chi connectivity index (χ3v) is 3.68. The maximum absolute atomic E-state index is 12.0. The van der Waals surface area contributed by atoms with Crippen molar-refractivity contribution in [1.82, 2.24) is 4.90 Å². The highest BCUT2D eigenvalue weighted by Crippen LogP contribution is 2.20. The van der Waals surface area contributed by atoms with Crippen molar-refractivity contribution in [3.8, 4) is 5.75 Å². The van der Waals surface area contributed by atoms with Crippen LogP contribution in [0.5, 0.6) is 5.75 Å². The van der Waals surface area contributed by atoms with Gasteiger partial charge in [0.2, 0.25) is 5.91 Å². The SMILES string of the molecule is COc1ccc(CN2CCC(N)CCC2=O)cc1C. The van der Waals surface area contributed by atoms with Crippen molar-refractivity contribution in [3.05, 3.63) is 29.3 Å². The summed E-state index contributed by atoms with van der Waals surface area (Å²) in [6.07, 6.45) is 2.26. The topological polar surface area (TPSA) is 55.6 Å². The van der Waals surface area contributed by atoms with Crippen LogP contribution in [0, 0.1) is 6.92 Å². The van der Waals surface area contributed by atoms with Gasteiger partial charge in [-0.3, -0.25) is 4.79 Å². The van der Waals surface area contributed by atoms with Gasteiger partial charge in [0.15, 0.2) is 0 Å². The zero-order valence-corrected chi connectivity index (χ0v) is 11.7. The highest BCUT2D eigenvalue weighted by atomic mass is 16.5. The highest BCUT2D eigenvalue weighted by Gasteiger charge is 2.20. The zero-order valence-electron chi connectivity index (χ0n) is 11.7. The number of methoxy groups -OCH3 is 1. The molecule has 2 rings (SSSR count). The molecule has 0 aromatic heterocycles. The third kappa shape index (κ3) is 3.47. The lowest BCUT2D eigenvalue weighted by atomic mass is 10.1. The molecule has 104 valence electrons. The van der Waals surface area contributed by atoms with Crippen molar-refractivity contribution in [2.75, 3.05) is 13.7 Å². The van der Waals surface area contributed by atoms with Gasteiger partial charge in [0.1, 0.15) is 5.75 Å². The zero-order chi connectivity index (χ0) is 13.8. The van der Waals surface area contributed by atoms with Crippen LogP contribution in [0.4, 0.5) is 0 Å². The number of amides is 1. The van der Waals surface area contributed by atoms with Crippen LogP contribution in [0.15, 0.2) is 18.2 Å². The van der Waals surface area contributed by atoms with Crippen LogP contribution in [0.25, 0.3) is 0 Å². The summed E-state index contributed by atoms with van der Waals surface area (Å²) in [4.78, 5) is 13.9. The van der Waals surface area contributed by atoms with Gasteiger partial charge in [0, 0.05) is 25.6 Å². The molecule has 1 atom stereocenters. The number of rotatable bonds is 3.